The van der Waals surface area contributed by atoms with Gasteiger partial charge in [0.1, 0.15) is 11.2 Å². The molecule has 0 unspecified atom stereocenters. The summed E-state index contributed by atoms with van der Waals surface area (Å²) in [5, 5.41) is 3.02. The van der Waals surface area contributed by atoms with Gasteiger partial charge in [-0.2, -0.15) is 4.90 Å². The van der Waals surface area contributed by atoms with Crippen molar-refractivity contribution in [2.24, 2.45) is 0 Å². The predicted octanol–water partition coefficient (Wildman–Crippen LogP) is 7.12. The molecule has 3 heterocycles. The summed E-state index contributed by atoms with van der Waals surface area (Å²) >= 11 is 5.77. The van der Waals surface area contributed by atoms with E-state index < -0.39 is 40.8 Å². The lowest BCUT2D eigenvalue weighted by Crippen LogP contribution is -2.44. The van der Waals surface area contributed by atoms with E-state index in [4.69, 9.17) is 21.1 Å². The molecule has 0 saturated heterocycles. The van der Waals surface area contributed by atoms with Crippen LogP contribution in [0.25, 0.3) is 0 Å². The van der Waals surface area contributed by atoms with Crippen molar-refractivity contribution in [3.05, 3.63) is 70.3 Å². The van der Waals surface area contributed by atoms with E-state index in [0.29, 0.717) is 21.7 Å². The number of carbonyl (C=O) groups is 2. The minimum absolute atomic E-state index is 0.0166. The normalized spacial score (nSPS) is 11.6. The number of carbonyl (C=O) groups excluding carboxylic acids is 2. The largest absolute Gasteiger partial charge is 0.443 e. The summed E-state index contributed by atoms with van der Waals surface area (Å²) in [5.41, 5.74) is -0.142. The first kappa shape index (κ1) is 29.7. The number of halogens is 3. The number of rotatable bonds is 5. The number of imide groups is 1. The standard InChI is InChI=1S/C27H30ClF2N5O4/c1-15-17(12-31-14-20(15)34-22-19(29)11-18(28)13-33-22)10-16-8-9-32-23(21(16)30)35(24(36)38-26(2,3)4)25(37)39-27(5,6)7/h8-9,11-14H,10H2,1-7H3,(H,33,34). The molecule has 0 spiro atoms. The first-order valence-corrected chi connectivity index (χ1v) is 12.3. The van der Waals surface area contributed by atoms with E-state index in [1.807, 2.05) is 0 Å². The van der Waals surface area contributed by atoms with Crippen molar-refractivity contribution >= 4 is 41.1 Å². The number of nitrogens with one attached hydrogen (secondary N) is 1. The molecule has 0 bridgehead atoms. The molecular formula is C27H30ClF2N5O4. The molecule has 3 aromatic heterocycles. The van der Waals surface area contributed by atoms with Crippen molar-refractivity contribution in [1.29, 1.82) is 0 Å². The smallest absolute Gasteiger partial charge is 0.425 e. The highest BCUT2D eigenvalue weighted by molar-refractivity contribution is 6.30. The van der Waals surface area contributed by atoms with Crippen molar-refractivity contribution in [1.82, 2.24) is 15.0 Å². The third kappa shape index (κ3) is 7.82. The van der Waals surface area contributed by atoms with Gasteiger partial charge in [-0.25, -0.2) is 28.3 Å². The van der Waals surface area contributed by atoms with E-state index >= 15 is 4.39 Å². The van der Waals surface area contributed by atoms with E-state index in [2.05, 4.69) is 20.3 Å². The van der Waals surface area contributed by atoms with Crippen LogP contribution in [0.2, 0.25) is 5.02 Å². The van der Waals surface area contributed by atoms with Crippen LogP contribution in [0.3, 0.4) is 0 Å². The Hall–Kier alpha value is -3.86. The zero-order valence-electron chi connectivity index (χ0n) is 22.7. The molecular weight excluding hydrogens is 532 g/mol. The highest BCUT2D eigenvalue weighted by Crippen LogP contribution is 2.29. The number of nitrogens with zero attached hydrogens (tertiary/aromatic N) is 4. The average molecular weight is 562 g/mol. The van der Waals surface area contributed by atoms with Crippen molar-refractivity contribution < 1.29 is 27.8 Å². The second-order valence-corrected chi connectivity index (χ2v) is 11.1. The highest BCUT2D eigenvalue weighted by Gasteiger charge is 2.36. The van der Waals surface area contributed by atoms with Crippen LogP contribution in [-0.4, -0.2) is 38.3 Å². The molecule has 0 aliphatic rings. The lowest BCUT2D eigenvalue weighted by Gasteiger charge is -2.28. The fourth-order valence-electron chi connectivity index (χ4n) is 3.34. The molecule has 39 heavy (non-hydrogen) atoms. The lowest BCUT2D eigenvalue weighted by atomic mass is 10.0. The molecule has 0 aromatic carbocycles. The molecule has 0 fully saturated rings. The third-order valence-electron chi connectivity index (χ3n) is 5.08. The van der Waals surface area contributed by atoms with E-state index in [9.17, 15) is 14.0 Å². The van der Waals surface area contributed by atoms with Gasteiger partial charge in [-0.1, -0.05) is 11.6 Å². The van der Waals surface area contributed by atoms with E-state index in [1.165, 1.54) is 30.9 Å². The summed E-state index contributed by atoms with van der Waals surface area (Å²) < 4.78 is 40.8. The van der Waals surface area contributed by atoms with E-state index in [1.54, 1.807) is 48.5 Å². The summed E-state index contributed by atoms with van der Waals surface area (Å²) in [6.07, 6.45) is 3.33. The Balaban J connectivity index is 1.97. The SMILES string of the molecule is Cc1c(Cc2ccnc(N(C(=O)OC(C)(C)C)C(=O)OC(C)(C)C)c2F)cncc1Nc1ncc(Cl)cc1F. The predicted molar refractivity (Wildman–Crippen MR) is 143 cm³/mol. The van der Waals surface area contributed by atoms with Gasteiger partial charge in [0.05, 0.1) is 16.9 Å². The van der Waals surface area contributed by atoms with Crippen LogP contribution in [0.5, 0.6) is 0 Å². The fourth-order valence-corrected chi connectivity index (χ4v) is 3.48. The number of ether oxygens (including phenoxy) is 2. The molecule has 0 atom stereocenters. The number of amides is 2. The first-order valence-electron chi connectivity index (χ1n) is 12.0. The number of hydrogen-bond acceptors (Lipinski definition) is 8. The Morgan fingerprint density at radius 3 is 2.15 bits per heavy atom. The second kappa shape index (κ2) is 11.5. The van der Waals surface area contributed by atoms with Crippen molar-refractivity contribution in [2.45, 2.75) is 66.1 Å². The zero-order valence-corrected chi connectivity index (χ0v) is 23.5. The molecule has 0 aliphatic heterocycles. The third-order valence-corrected chi connectivity index (χ3v) is 5.28. The molecule has 2 amide bonds. The summed E-state index contributed by atoms with van der Waals surface area (Å²) in [6, 6.07) is 2.54. The van der Waals surface area contributed by atoms with E-state index in [0.717, 1.165) is 6.07 Å². The minimum atomic E-state index is -1.14. The maximum absolute atomic E-state index is 15.8. The molecule has 3 aromatic rings. The topological polar surface area (TPSA) is 107 Å². The maximum atomic E-state index is 15.8. The van der Waals surface area contributed by atoms with Gasteiger partial charge in [-0.3, -0.25) is 4.98 Å². The molecule has 0 radical (unpaired) electrons. The molecule has 0 saturated carbocycles. The van der Waals surface area contributed by atoms with Crippen molar-refractivity contribution in [3.8, 4) is 0 Å². The fraction of sp³-hybridized carbons (Fsp3) is 0.370. The van der Waals surface area contributed by atoms with Crippen LogP contribution in [-0.2, 0) is 15.9 Å². The molecule has 0 aliphatic carbocycles. The molecule has 12 heteroatoms. The Kier molecular flexibility index (Phi) is 8.74. The van der Waals surface area contributed by atoms with Crippen molar-refractivity contribution in [3.63, 3.8) is 0 Å². The van der Waals surface area contributed by atoms with Crippen molar-refractivity contribution in [2.75, 3.05) is 10.2 Å². The monoisotopic (exact) mass is 561 g/mol. The van der Waals surface area contributed by atoms with Crippen LogP contribution in [0, 0.1) is 18.6 Å². The molecule has 3 rings (SSSR count). The highest BCUT2D eigenvalue weighted by atomic mass is 35.5. The van der Waals surface area contributed by atoms with Gasteiger partial charge >= 0.3 is 12.2 Å². The van der Waals surface area contributed by atoms with Gasteiger partial charge < -0.3 is 14.8 Å². The zero-order chi connectivity index (χ0) is 29.1. The molecule has 1 N–H and O–H groups in total. The van der Waals surface area contributed by atoms with Crippen LogP contribution in [0.15, 0.2) is 36.9 Å². The summed E-state index contributed by atoms with van der Waals surface area (Å²) in [5.74, 6) is -2.19. The Labute approximate surface area is 230 Å². The number of pyridine rings is 3. The van der Waals surface area contributed by atoms with Gasteiger partial charge in [0, 0.05) is 25.0 Å². The quantitative estimate of drug-likeness (QED) is 0.351. The summed E-state index contributed by atoms with van der Waals surface area (Å²) in [7, 11) is 0. The number of hydrogen-bond donors (Lipinski definition) is 1. The first-order chi connectivity index (χ1) is 18.1. The van der Waals surface area contributed by atoms with Gasteiger partial charge in [0.25, 0.3) is 0 Å². The average Bonchev–Trinajstić information content (AvgIpc) is 2.78. The number of aromatic nitrogens is 3. The number of anilines is 3. The maximum Gasteiger partial charge on any atom is 0.425 e. The van der Waals surface area contributed by atoms with Gasteiger partial charge in [-0.15, -0.1) is 0 Å². The van der Waals surface area contributed by atoms with E-state index in [-0.39, 0.29) is 22.8 Å². The second-order valence-electron chi connectivity index (χ2n) is 10.7. The van der Waals surface area contributed by atoms with Gasteiger partial charge in [-0.05, 0) is 77.3 Å². The summed E-state index contributed by atoms with van der Waals surface area (Å²) in [4.78, 5) is 38.4. The minimum Gasteiger partial charge on any atom is -0.443 e. The van der Waals surface area contributed by atoms with Crippen LogP contribution < -0.4 is 10.2 Å². The van der Waals surface area contributed by atoms with Gasteiger partial charge in [0.15, 0.2) is 23.3 Å². The van der Waals surface area contributed by atoms with Crippen LogP contribution in [0.4, 0.5) is 35.7 Å². The lowest BCUT2D eigenvalue weighted by molar-refractivity contribution is 0.0427. The Morgan fingerprint density at radius 1 is 0.974 bits per heavy atom. The summed E-state index contributed by atoms with van der Waals surface area (Å²) in [6.45, 7) is 11.4. The molecule has 208 valence electrons. The Bertz CT molecular complexity index is 1360. The molecule has 9 nitrogen and oxygen atoms in total. The Morgan fingerprint density at radius 2 is 1.59 bits per heavy atom. The van der Waals surface area contributed by atoms with Gasteiger partial charge in [0.2, 0.25) is 0 Å². The van der Waals surface area contributed by atoms with Crippen LogP contribution in [0.1, 0.15) is 58.2 Å². The van der Waals surface area contributed by atoms with Crippen LogP contribution >= 0.6 is 11.6 Å².